The molecule has 2 aromatic rings. The van der Waals surface area contributed by atoms with E-state index in [-0.39, 0.29) is 24.3 Å². The third-order valence-electron chi connectivity index (χ3n) is 4.82. The largest absolute Gasteiger partial charge is 0.394 e. The van der Waals surface area contributed by atoms with E-state index in [4.69, 9.17) is 5.11 Å². The van der Waals surface area contributed by atoms with Crippen molar-refractivity contribution in [1.29, 1.82) is 0 Å². The quantitative estimate of drug-likeness (QED) is 0.826. The second-order valence-corrected chi connectivity index (χ2v) is 6.68. The number of benzene rings is 2. The molecule has 0 aliphatic carbocycles. The molecule has 0 unspecified atom stereocenters. The minimum absolute atomic E-state index is 0.0823. The fraction of sp³-hybridized carbons (Fsp3) is 0.400. The Morgan fingerprint density at radius 2 is 1.27 bits per heavy atom. The molecule has 6 heteroatoms. The van der Waals surface area contributed by atoms with Gasteiger partial charge in [0.05, 0.1) is 18.8 Å². The van der Waals surface area contributed by atoms with Crippen molar-refractivity contribution in [2.75, 3.05) is 39.3 Å². The van der Waals surface area contributed by atoms with Crippen molar-refractivity contribution in [1.82, 2.24) is 9.80 Å². The smallest absolute Gasteiger partial charge is 0.123 e. The van der Waals surface area contributed by atoms with Gasteiger partial charge >= 0.3 is 0 Å². The second kappa shape index (κ2) is 8.68. The Balaban J connectivity index is 1.78. The van der Waals surface area contributed by atoms with Crippen LogP contribution >= 0.6 is 0 Å². The van der Waals surface area contributed by atoms with Crippen molar-refractivity contribution in [3.8, 4) is 0 Å². The van der Waals surface area contributed by atoms with E-state index in [1.807, 2.05) is 0 Å². The SMILES string of the molecule is OC[C@H](O)CN1CCN(C(c2ccc(F)cc2)c2ccc(F)cc2)CC1. The van der Waals surface area contributed by atoms with E-state index in [1.165, 1.54) is 24.3 Å². The molecule has 2 aromatic carbocycles. The average Bonchev–Trinajstić information content (AvgIpc) is 2.66. The Bertz CT molecular complexity index is 640. The highest BCUT2D eigenvalue weighted by Gasteiger charge is 2.27. The number of piperazine rings is 1. The number of rotatable bonds is 6. The second-order valence-electron chi connectivity index (χ2n) is 6.68. The molecular weight excluding hydrogens is 338 g/mol. The first-order valence-corrected chi connectivity index (χ1v) is 8.83. The fourth-order valence-corrected chi connectivity index (χ4v) is 3.46. The number of aliphatic hydroxyl groups excluding tert-OH is 2. The predicted octanol–water partition coefficient (Wildman–Crippen LogP) is 2.02. The van der Waals surface area contributed by atoms with Crippen LogP contribution in [0.4, 0.5) is 8.78 Å². The molecule has 0 aromatic heterocycles. The lowest BCUT2D eigenvalue weighted by atomic mass is 9.96. The minimum Gasteiger partial charge on any atom is -0.394 e. The van der Waals surface area contributed by atoms with E-state index in [0.717, 1.165) is 37.3 Å². The van der Waals surface area contributed by atoms with Crippen molar-refractivity contribution < 1.29 is 19.0 Å². The molecule has 1 atom stereocenters. The van der Waals surface area contributed by atoms with Crippen molar-refractivity contribution in [3.05, 3.63) is 71.3 Å². The van der Waals surface area contributed by atoms with Crippen LogP contribution in [0.5, 0.6) is 0 Å². The van der Waals surface area contributed by atoms with Gasteiger partial charge in [-0.05, 0) is 35.4 Å². The average molecular weight is 362 g/mol. The van der Waals surface area contributed by atoms with Gasteiger partial charge in [-0.1, -0.05) is 24.3 Å². The minimum atomic E-state index is -0.730. The summed E-state index contributed by atoms with van der Waals surface area (Å²) >= 11 is 0. The van der Waals surface area contributed by atoms with Gasteiger partial charge in [-0.25, -0.2) is 8.78 Å². The summed E-state index contributed by atoms with van der Waals surface area (Å²) in [6.45, 7) is 3.25. The maximum atomic E-state index is 13.3. The van der Waals surface area contributed by atoms with Gasteiger partial charge in [0.25, 0.3) is 0 Å². The monoisotopic (exact) mass is 362 g/mol. The van der Waals surface area contributed by atoms with Crippen LogP contribution < -0.4 is 0 Å². The molecule has 26 heavy (non-hydrogen) atoms. The van der Waals surface area contributed by atoms with Gasteiger partial charge in [0.15, 0.2) is 0 Å². The third kappa shape index (κ3) is 4.65. The molecule has 0 spiro atoms. The Labute approximate surface area is 152 Å². The number of hydrogen-bond donors (Lipinski definition) is 2. The van der Waals surface area contributed by atoms with Crippen LogP contribution in [0.2, 0.25) is 0 Å². The fourth-order valence-electron chi connectivity index (χ4n) is 3.46. The summed E-state index contributed by atoms with van der Waals surface area (Å²) in [6.07, 6.45) is -0.730. The first kappa shape index (κ1) is 18.9. The maximum Gasteiger partial charge on any atom is 0.123 e. The standard InChI is InChI=1S/C20H24F2N2O2/c21-17-5-1-15(2-6-17)20(16-3-7-18(22)8-4-16)24-11-9-23(10-12-24)13-19(26)14-25/h1-8,19-20,25-26H,9-14H2/t19-/m1/s1. The topological polar surface area (TPSA) is 46.9 Å². The highest BCUT2D eigenvalue weighted by molar-refractivity contribution is 5.32. The summed E-state index contributed by atoms with van der Waals surface area (Å²) in [7, 11) is 0. The number of nitrogens with zero attached hydrogens (tertiary/aromatic N) is 2. The lowest BCUT2D eigenvalue weighted by Gasteiger charge is -2.40. The number of β-amino-alcohol motifs (C(OH)–C–C–N with tert-alkyl or cyclic N) is 1. The van der Waals surface area contributed by atoms with Crippen LogP contribution in [-0.4, -0.2) is 65.4 Å². The van der Waals surface area contributed by atoms with Crippen LogP contribution in [0.3, 0.4) is 0 Å². The molecule has 140 valence electrons. The molecule has 0 bridgehead atoms. The van der Waals surface area contributed by atoms with Crippen LogP contribution in [-0.2, 0) is 0 Å². The Kier molecular flexibility index (Phi) is 6.32. The van der Waals surface area contributed by atoms with Crippen molar-refractivity contribution >= 4 is 0 Å². The zero-order valence-electron chi connectivity index (χ0n) is 14.6. The van der Waals surface area contributed by atoms with Crippen LogP contribution in [0.15, 0.2) is 48.5 Å². The summed E-state index contributed by atoms with van der Waals surface area (Å²) in [6, 6.07) is 12.8. The van der Waals surface area contributed by atoms with Gasteiger partial charge in [0.2, 0.25) is 0 Å². The van der Waals surface area contributed by atoms with E-state index in [9.17, 15) is 13.9 Å². The van der Waals surface area contributed by atoms with Gasteiger partial charge in [0.1, 0.15) is 11.6 Å². The molecule has 0 saturated carbocycles. The molecule has 2 N–H and O–H groups in total. The normalized spacial score (nSPS) is 17.6. The van der Waals surface area contributed by atoms with Crippen LogP contribution in [0.25, 0.3) is 0 Å². The van der Waals surface area contributed by atoms with E-state index >= 15 is 0 Å². The summed E-state index contributed by atoms with van der Waals surface area (Å²) < 4.78 is 26.7. The van der Waals surface area contributed by atoms with Crippen molar-refractivity contribution in [2.24, 2.45) is 0 Å². The molecule has 1 saturated heterocycles. The molecule has 1 aliphatic rings. The highest BCUT2D eigenvalue weighted by atomic mass is 19.1. The maximum absolute atomic E-state index is 13.3. The number of halogens is 2. The predicted molar refractivity (Wildman–Crippen MR) is 95.7 cm³/mol. The molecule has 4 nitrogen and oxygen atoms in total. The first-order chi connectivity index (χ1) is 12.6. The summed E-state index contributed by atoms with van der Waals surface area (Å²) in [5.74, 6) is -0.566. The lowest BCUT2D eigenvalue weighted by molar-refractivity contribution is 0.0343. The van der Waals surface area contributed by atoms with E-state index in [1.54, 1.807) is 24.3 Å². The molecule has 0 amide bonds. The van der Waals surface area contributed by atoms with Crippen LogP contribution in [0, 0.1) is 11.6 Å². The highest BCUT2D eigenvalue weighted by Crippen LogP contribution is 2.30. The molecule has 3 rings (SSSR count). The number of hydrogen-bond acceptors (Lipinski definition) is 4. The molecule has 1 aliphatic heterocycles. The van der Waals surface area contributed by atoms with E-state index in [0.29, 0.717) is 6.54 Å². The van der Waals surface area contributed by atoms with Gasteiger partial charge in [-0.15, -0.1) is 0 Å². The van der Waals surface area contributed by atoms with Crippen molar-refractivity contribution in [3.63, 3.8) is 0 Å². The third-order valence-corrected chi connectivity index (χ3v) is 4.82. The Morgan fingerprint density at radius 3 is 1.69 bits per heavy atom. The van der Waals surface area contributed by atoms with E-state index in [2.05, 4.69) is 9.80 Å². The number of aliphatic hydroxyl groups is 2. The summed E-state index contributed by atoms with van der Waals surface area (Å²) in [5.41, 5.74) is 1.92. The Hall–Kier alpha value is -1.86. The molecule has 1 heterocycles. The summed E-state index contributed by atoms with van der Waals surface area (Å²) in [4.78, 5) is 4.39. The zero-order chi connectivity index (χ0) is 18.5. The molecule has 1 fully saturated rings. The lowest BCUT2D eigenvalue weighted by Crippen LogP contribution is -2.50. The van der Waals surface area contributed by atoms with Gasteiger partial charge in [-0.3, -0.25) is 9.80 Å². The summed E-state index contributed by atoms with van der Waals surface area (Å²) in [5, 5.41) is 18.6. The van der Waals surface area contributed by atoms with Crippen molar-refractivity contribution in [2.45, 2.75) is 12.1 Å². The zero-order valence-corrected chi connectivity index (χ0v) is 14.6. The first-order valence-electron chi connectivity index (χ1n) is 8.83. The molecule has 0 radical (unpaired) electrons. The van der Waals surface area contributed by atoms with Gasteiger partial charge in [-0.2, -0.15) is 0 Å². The van der Waals surface area contributed by atoms with E-state index < -0.39 is 6.10 Å². The van der Waals surface area contributed by atoms with Crippen LogP contribution in [0.1, 0.15) is 17.2 Å². The molecular formula is C20H24F2N2O2. The van der Waals surface area contributed by atoms with Gasteiger partial charge < -0.3 is 10.2 Å². The van der Waals surface area contributed by atoms with Gasteiger partial charge in [0, 0.05) is 32.7 Å². The Morgan fingerprint density at radius 1 is 0.808 bits per heavy atom.